The van der Waals surface area contributed by atoms with Gasteiger partial charge >= 0.3 is 0 Å². The summed E-state index contributed by atoms with van der Waals surface area (Å²) in [7, 11) is 2.20. The van der Waals surface area contributed by atoms with Gasteiger partial charge in [-0.3, -0.25) is 14.3 Å². The lowest BCUT2D eigenvalue weighted by molar-refractivity contribution is 0.206. The lowest BCUT2D eigenvalue weighted by Gasteiger charge is -2.31. The average molecular weight is 390 g/mol. The van der Waals surface area contributed by atoms with Crippen molar-refractivity contribution in [1.29, 1.82) is 0 Å². The van der Waals surface area contributed by atoms with Crippen LogP contribution in [-0.4, -0.2) is 57.0 Å². The quantitative estimate of drug-likeness (QED) is 0.737. The van der Waals surface area contributed by atoms with Crippen LogP contribution in [0.2, 0.25) is 0 Å². The van der Waals surface area contributed by atoms with Crippen LogP contribution < -0.4 is 10.2 Å². The van der Waals surface area contributed by atoms with Crippen molar-refractivity contribution in [1.82, 2.24) is 29.6 Å². The SMILES string of the molecule is CN(Cc1cn2c(N3CC4CNC4C3)nccc2n1)C1CCCc2cccnc21. The summed E-state index contributed by atoms with van der Waals surface area (Å²) in [6.07, 6.45) is 9.50. The van der Waals surface area contributed by atoms with E-state index in [1.54, 1.807) is 0 Å². The summed E-state index contributed by atoms with van der Waals surface area (Å²) in [6, 6.07) is 7.27. The van der Waals surface area contributed by atoms with Crippen LogP contribution in [-0.2, 0) is 13.0 Å². The highest BCUT2D eigenvalue weighted by atomic mass is 15.3. The van der Waals surface area contributed by atoms with Gasteiger partial charge in [0.25, 0.3) is 0 Å². The van der Waals surface area contributed by atoms with Gasteiger partial charge in [0.05, 0.1) is 17.4 Å². The average Bonchev–Trinajstić information content (AvgIpc) is 3.27. The van der Waals surface area contributed by atoms with E-state index in [-0.39, 0.29) is 0 Å². The molecule has 0 saturated carbocycles. The molecule has 0 spiro atoms. The lowest BCUT2D eigenvalue weighted by atomic mass is 9.91. The molecule has 6 rings (SSSR count). The van der Waals surface area contributed by atoms with E-state index in [0.717, 1.165) is 62.2 Å². The van der Waals surface area contributed by atoms with Crippen LogP contribution in [0.1, 0.15) is 35.8 Å². The molecule has 0 radical (unpaired) electrons. The van der Waals surface area contributed by atoms with Crippen molar-refractivity contribution in [2.24, 2.45) is 5.92 Å². The Bertz CT molecular complexity index is 1030. The summed E-state index contributed by atoms with van der Waals surface area (Å²) in [6.45, 7) is 4.07. The normalized spacial score (nSPS) is 25.9. The number of hydrogen-bond acceptors (Lipinski definition) is 6. The van der Waals surface area contributed by atoms with Crippen molar-refractivity contribution >= 4 is 11.6 Å². The highest BCUT2D eigenvalue weighted by molar-refractivity contribution is 5.49. The maximum Gasteiger partial charge on any atom is 0.211 e. The van der Waals surface area contributed by atoms with E-state index in [2.05, 4.69) is 44.9 Å². The maximum absolute atomic E-state index is 4.91. The molecule has 3 aromatic rings. The van der Waals surface area contributed by atoms with E-state index in [1.807, 2.05) is 18.5 Å². The molecule has 1 N–H and O–H groups in total. The second-order valence-electron chi connectivity index (χ2n) is 8.76. The number of anilines is 1. The fourth-order valence-corrected chi connectivity index (χ4v) is 5.26. The molecule has 150 valence electrons. The zero-order chi connectivity index (χ0) is 19.4. The molecule has 2 saturated heterocycles. The zero-order valence-corrected chi connectivity index (χ0v) is 16.8. The van der Waals surface area contributed by atoms with Gasteiger partial charge < -0.3 is 10.2 Å². The molecular weight excluding hydrogens is 362 g/mol. The highest BCUT2D eigenvalue weighted by Gasteiger charge is 2.40. The Morgan fingerprint density at radius 2 is 2.17 bits per heavy atom. The molecule has 3 aromatic heterocycles. The number of nitrogens with zero attached hydrogens (tertiary/aromatic N) is 6. The first-order valence-corrected chi connectivity index (χ1v) is 10.7. The highest BCUT2D eigenvalue weighted by Crippen LogP contribution is 2.33. The van der Waals surface area contributed by atoms with Gasteiger partial charge in [0, 0.05) is 56.7 Å². The second kappa shape index (κ2) is 6.78. The lowest BCUT2D eigenvalue weighted by Crippen LogP contribution is -2.51. The maximum atomic E-state index is 4.91. The molecule has 3 atom stereocenters. The Morgan fingerprint density at radius 1 is 1.21 bits per heavy atom. The molecular formula is C22H27N7. The third-order valence-electron chi connectivity index (χ3n) is 6.89. The largest absolute Gasteiger partial charge is 0.340 e. The van der Waals surface area contributed by atoms with E-state index in [1.165, 1.54) is 17.7 Å². The minimum absolute atomic E-state index is 0.364. The molecule has 7 nitrogen and oxygen atoms in total. The van der Waals surface area contributed by atoms with Crippen LogP contribution in [0.4, 0.5) is 5.95 Å². The smallest absolute Gasteiger partial charge is 0.211 e. The number of pyridine rings is 1. The van der Waals surface area contributed by atoms with Crippen LogP contribution >= 0.6 is 0 Å². The third kappa shape index (κ3) is 2.91. The Kier molecular flexibility index (Phi) is 4.06. The van der Waals surface area contributed by atoms with Gasteiger partial charge in [-0.1, -0.05) is 6.07 Å². The van der Waals surface area contributed by atoms with Crippen molar-refractivity contribution in [2.75, 3.05) is 31.6 Å². The van der Waals surface area contributed by atoms with Gasteiger partial charge in [-0.25, -0.2) is 9.97 Å². The first kappa shape index (κ1) is 17.4. The number of fused-ring (bicyclic) bond motifs is 3. The first-order chi connectivity index (χ1) is 14.3. The summed E-state index contributed by atoms with van der Waals surface area (Å²) < 4.78 is 2.17. The number of aromatic nitrogens is 4. The van der Waals surface area contributed by atoms with Crippen molar-refractivity contribution in [3.05, 3.63) is 53.7 Å². The van der Waals surface area contributed by atoms with Crippen molar-refractivity contribution in [3.63, 3.8) is 0 Å². The topological polar surface area (TPSA) is 61.6 Å². The Labute approximate surface area is 170 Å². The van der Waals surface area contributed by atoms with Gasteiger partial charge in [-0.15, -0.1) is 0 Å². The Morgan fingerprint density at radius 3 is 3.00 bits per heavy atom. The number of nitrogens with one attached hydrogen (secondary N) is 1. The molecule has 3 unspecified atom stereocenters. The van der Waals surface area contributed by atoms with E-state index in [4.69, 9.17) is 15.0 Å². The summed E-state index contributed by atoms with van der Waals surface area (Å²) in [4.78, 5) is 19.1. The predicted octanol–water partition coefficient (Wildman–Crippen LogP) is 2.04. The number of imidazole rings is 1. The van der Waals surface area contributed by atoms with E-state index in [0.29, 0.717) is 12.1 Å². The minimum Gasteiger partial charge on any atom is -0.340 e. The fraction of sp³-hybridized carbons (Fsp3) is 0.500. The number of aryl methyl sites for hydroxylation is 1. The molecule has 5 heterocycles. The van der Waals surface area contributed by atoms with Gasteiger partial charge in [0.15, 0.2) is 0 Å². The molecule has 29 heavy (non-hydrogen) atoms. The number of hydrogen-bond donors (Lipinski definition) is 1. The Balaban J connectivity index is 1.26. The van der Waals surface area contributed by atoms with Crippen molar-refractivity contribution < 1.29 is 0 Å². The van der Waals surface area contributed by atoms with E-state index >= 15 is 0 Å². The van der Waals surface area contributed by atoms with Crippen LogP contribution in [0.25, 0.3) is 5.65 Å². The van der Waals surface area contributed by atoms with Crippen LogP contribution in [0.5, 0.6) is 0 Å². The van der Waals surface area contributed by atoms with Crippen LogP contribution in [0.15, 0.2) is 36.8 Å². The summed E-state index contributed by atoms with van der Waals surface area (Å²) >= 11 is 0. The van der Waals surface area contributed by atoms with E-state index < -0.39 is 0 Å². The molecule has 3 aliphatic rings. The van der Waals surface area contributed by atoms with E-state index in [9.17, 15) is 0 Å². The Hall–Kier alpha value is -2.51. The van der Waals surface area contributed by atoms with Gasteiger partial charge in [0.1, 0.15) is 5.65 Å². The third-order valence-corrected chi connectivity index (χ3v) is 6.89. The van der Waals surface area contributed by atoms with Crippen molar-refractivity contribution in [3.8, 4) is 0 Å². The van der Waals surface area contributed by atoms with Crippen molar-refractivity contribution in [2.45, 2.75) is 37.9 Å². The molecule has 2 aliphatic heterocycles. The summed E-state index contributed by atoms with van der Waals surface area (Å²) in [5.74, 6) is 1.78. The standard InChI is InChI=1S/C22H27N7/c1-27(19-6-2-4-15-5-3-8-23-21(15)19)12-17-13-29-20(26-17)7-9-24-22(29)28-11-16-10-25-18(16)14-28/h3,5,7-9,13,16,18-19,25H,2,4,6,10-12,14H2,1H3. The van der Waals surface area contributed by atoms with Gasteiger partial charge in [0.2, 0.25) is 5.95 Å². The molecule has 2 fully saturated rings. The van der Waals surface area contributed by atoms with Gasteiger partial charge in [-0.2, -0.15) is 0 Å². The molecule has 0 aromatic carbocycles. The monoisotopic (exact) mass is 389 g/mol. The molecule has 0 amide bonds. The molecule has 7 heteroatoms. The zero-order valence-electron chi connectivity index (χ0n) is 16.8. The molecule has 1 aliphatic carbocycles. The molecule has 0 bridgehead atoms. The number of rotatable bonds is 4. The second-order valence-corrected chi connectivity index (χ2v) is 8.76. The van der Waals surface area contributed by atoms with Crippen LogP contribution in [0.3, 0.4) is 0 Å². The fourth-order valence-electron chi connectivity index (χ4n) is 5.26. The van der Waals surface area contributed by atoms with Crippen LogP contribution in [0, 0.1) is 5.92 Å². The minimum atomic E-state index is 0.364. The first-order valence-electron chi connectivity index (χ1n) is 10.7. The summed E-state index contributed by atoms with van der Waals surface area (Å²) in [5.41, 5.74) is 4.71. The van der Waals surface area contributed by atoms with Gasteiger partial charge in [-0.05, 0) is 44.0 Å². The predicted molar refractivity (Wildman–Crippen MR) is 112 cm³/mol. The summed E-state index contributed by atoms with van der Waals surface area (Å²) in [5, 5.41) is 3.52.